The molecule has 2 rings (SSSR count). The molecule has 0 atom stereocenters. The molecule has 4 heteroatoms. The van der Waals surface area contributed by atoms with E-state index in [9.17, 15) is 0 Å². The quantitative estimate of drug-likeness (QED) is 0.747. The summed E-state index contributed by atoms with van der Waals surface area (Å²) in [4.78, 5) is 5.27. The SMILES string of the molecule is N#CCSc1ccnc2c(Cl)cccc12. The monoisotopic (exact) mass is 234 g/mol. The van der Waals surface area contributed by atoms with Gasteiger partial charge in [0.25, 0.3) is 0 Å². The summed E-state index contributed by atoms with van der Waals surface area (Å²) in [7, 11) is 0. The van der Waals surface area contributed by atoms with Crippen molar-refractivity contribution in [1.82, 2.24) is 4.98 Å². The Kier molecular flexibility index (Phi) is 3.10. The van der Waals surface area contributed by atoms with Crippen molar-refractivity contribution in [2.45, 2.75) is 4.90 Å². The molecule has 0 aliphatic heterocycles. The molecule has 1 aromatic heterocycles. The van der Waals surface area contributed by atoms with Gasteiger partial charge in [-0.05, 0) is 12.1 Å². The molecule has 1 aromatic carbocycles. The number of hydrogen-bond acceptors (Lipinski definition) is 3. The summed E-state index contributed by atoms with van der Waals surface area (Å²) < 4.78 is 0. The number of thioether (sulfide) groups is 1. The van der Waals surface area contributed by atoms with Gasteiger partial charge in [0.1, 0.15) is 0 Å². The Hall–Kier alpha value is -1.24. The summed E-state index contributed by atoms with van der Waals surface area (Å²) >= 11 is 7.53. The summed E-state index contributed by atoms with van der Waals surface area (Å²) in [6.07, 6.45) is 1.72. The first-order valence-corrected chi connectivity index (χ1v) is 5.72. The number of nitriles is 1. The number of pyridine rings is 1. The van der Waals surface area contributed by atoms with Gasteiger partial charge in [0.05, 0.1) is 22.4 Å². The van der Waals surface area contributed by atoms with Crippen LogP contribution in [0.3, 0.4) is 0 Å². The maximum atomic E-state index is 8.54. The topological polar surface area (TPSA) is 36.7 Å². The highest BCUT2D eigenvalue weighted by Crippen LogP contribution is 2.29. The van der Waals surface area contributed by atoms with E-state index in [-0.39, 0.29) is 0 Å². The molecule has 74 valence electrons. The fourth-order valence-electron chi connectivity index (χ4n) is 1.35. The van der Waals surface area contributed by atoms with Crippen LogP contribution in [-0.4, -0.2) is 10.7 Å². The lowest BCUT2D eigenvalue weighted by Crippen LogP contribution is -1.83. The van der Waals surface area contributed by atoms with E-state index in [2.05, 4.69) is 11.1 Å². The van der Waals surface area contributed by atoms with E-state index in [0.29, 0.717) is 10.8 Å². The molecule has 0 saturated carbocycles. The second-order valence-corrected chi connectivity index (χ2v) is 4.32. The largest absolute Gasteiger partial charge is 0.255 e. The number of aromatic nitrogens is 1. The zero-order valence-electron chi connectivity index (χ0n) is 7.77. The van der Waals surface area contributed by atoms with Gasteiger partial charge >= 0.3 is 0 Å². The highest BCUT2D eigenvalue weighted by atomic mass is 35.5. The third-order valence-corrected chi connectivity index (χ3v) is 3.22. The van der Waals surface area contributed by atoms with E-state index in [1.165, 1.54) is 11.8 Å². The Morgan fingerprint density at radius 2 is 2.27 bits per heavy atom. The molecule has 0 aliphatic carbocycles. The Labute approximate surface area is 96.9 Å². The molecule has 0 spiro atoms. The highest BCUT2D eigenvalue weighted by Gasteiger charge is 2.04. The summed E-state index contributed by atoms with van der Waals surface area (Å²) in [6, 6.07) is 9.68. The maximum absolute atomic E-state index is 8.54. The van der Waals surface area contributed by atoms with Gasteiger partial charge in [-0.1, -0.05) is 23.7 Å². The van der Waals surface area contributed by atoms with Gasteiger partial charge < -0.3 is 0 Å². The molecule has 2 aromatic rings. The number of rotatable bonds is 2. The lowest BCUT2D eigenvalue weighted by molar-refractivity contribution is 1.35. The van der Waals surface area contributed by atoms with Crippen LogP contribution >= 0.6 is 23.4 Å². The van der Waals surface area contributed by atoms with Crippen molar-refractivity contribution in [3.05, 3.63) is 35.5 Å². The van der Waals surface area contributed by atoms with Crippen LogP contribution in [0.25, 0.3) is 10.9 Å². The fourth-order valence-corrected chi connectivity index (χ4v) is 2.27. The molecule has 0 radical (unpaired) electrons. The van der Waals surface area contributed by atoms with Crippen molar-refractivity contribution < 1.29 is 0 Å². The lowest BCUT2D eigenvalue weighted by Gasteiger charge is -2.04. The Morgan fingerprint density at radius 3 is 3.07 bits per heavy atom. The Morgan fingerprint density at radius 1 is 1.40 bits per heavy atom. The second kappa shape index (κ2) is 4.52. The zero-order valence-corrected chi connectivity index (χ0v) is 9.35. The van der Waals surface area contributed by atoms with Gasteiger partial charge in [-0.3, -0.25) is 4.98 Å². The molecule has 1 heterocycles. The van der Waals surface area contributed by atoms with Crippen LogP contribution in [0.15, 0.2) is 35.4 Å². The Balaban J connectivity index is 2.57. The molecule has 0 fully saturated rings. The van der Waals surface area contributed by atoms with Gasteiger partial charge in [0.15, 0.2) is 0 Å². The third kappa shape index (κ3) is 2.06. The third-order valence-electron chi connectivity index (χ3n) is 1.97. The van der Waals surface area contributed by atoms with E-state index < -0.39 is 0 Å². The number of benzene rings is 1. The number of fused-ring (bicyclic) bond motifs is 1. The van der Waals surface area contributed by atoms with Gasteiger partial charge in [-0.2, -0.15) is 5.26 Å². The average molecular weight is 235 g/mol. The minimum absolute atomic E-state index is 0.436. The van der Waals surface area contributed by atoms with Gasteiger partial charge in [-0.25, -0.2) is 0 Å². The highest BCUT2D eigenvalue weighted by molar-refractivity contribution is 7.99. The summed E-state index contributed by atoms with van der Waals surface area (Å²) in [5.74, 6) is 0.436. The summed E-state index contributed by atoms with van der Waals surface area (Å²) in [5, 5.41) is 10.2. The molecule has 0 N–H and O–H groups in total. The van der Waals surface area contributed by atoms with Crippen molar-refractivity contribution in [1.29, 1.82) is 5.26 Å². The summed E-state index contributed by atoms with van der Waals surface area (Å²) in [6.45, 7) is 0. The number of nitrogens with zero attached hydrogens (tertiary/aromatic N) is 2. The van der Waals surface area contributed by atoms with E-state index in [1.54, 1.807) is 6.20 Å². The van der Waals surface area contributed by atoms with Crippen LogP contribution in [0.2, 0.25) is 5.02 Å². The first kappa shape index (κ1) is 10.3. The van der Waals surface area contributed by atoms with Crippen LogP contribution in [-0.2, 0) is 0 Å². The van der Waals surface area contributed by atoms with Crippen molar-refractivity contribution in [3.8, 4) is 6.07 Å². The van der Waals surface area contributed by atoms with Gasteiger partial charge in [0, 0.05) is 16.5 Å². The van der Waals surface area contributed by atoms with Gasteiger partial charge in [0.2, 0.25) is 0 Å². The molecule has 15 heavy (non-hydrogen) atoms. The lowest BCUT2D eigenvalue weighted by atomic mass is 10.2. The molecule has 0 amide bonds. The van der Waals surface area contributed by atoms with Crippen molar-refractivity contribution >= 4 is 34.3 Å². The molecule has 2 nitrogen and oxygen atoms in total. The van der Waals surface area contributed by atoms with Crippen molar-refractivity contribution in [3.63, 3.8) is 0 Å². The van der Waals surface area contributed by atoms with E-state index in [1.807, 2.05) is 24.3 Å². The normalized spacial score (nSPS) is 10.1. The molecule has 0 aliphatic rings. The predicted molar refractivity (Wildman–Crippen MR) is 63.1 cm³/mol. The van der Waals surface area contributed by atoms with Crippen LogP contribution in [0.4, 0.5) is 0 Å². The molecule has 0 bridgehead atoms. The number of para-hydroxylation sites is 1. The molecule has 0 saturated heterocycles. The van der Waals surface area contributed by atoms with E-state index in [4.69, 9.17) is 16.9 Å². The average Bonchev–Trinajstić information content (AvgIpc) is 2.27. The first-order chi connectivity index (χ1) is 7.33. The predicted octanol–water partition coefficient (Wildman–Crippen LogP) is 3.50. The maximum Gasteiger partial charge on any atom is 0.0899 e. The minimum Gasteiger partial charge on any atom is -0.255 e. The molecular weight excluding hydrogens is 228 g/mol. The van der Waals surface area contributed by atoms with Crippen LogP contribution in [0, 0.1) is 11.3 Å². The van der Waals surface area contributed by atoms with Crippen molar-refractivity contribution in [2.75, 3.05) is 5.75 Å². The fraction of sp³-hybridized carbons (Fsp3) is 0.0909. The van der Waals surface area contributed by atoms with Crippen LogP contribution < -0.4 is 0 Å². The zero-order chi connectivity index (χ0) is 10.7. The number of hydrogen-bond donors (Lipinski definition) is 0. The minimum atomic E-state index is 0.436. The van der Waals surface area contributed by atoms with E-state index in [0.717, 1.165) is 15.8 Å². The first-order valence-electron chi connectivity index (χ1n) is 4.36. The standard InChI is InChI=1S/C11H7ClN2S/c12-9-3-1-2-8-10(15-7-5-13)4-6-14-11(8)9/h1-4,6H,7H2. The van der Waals surface area contributed by atoms with E-state index >= 15 is 0 Å². The second-order valence-electron chi connectivity index (χ2n) is 2.89. The summed E-state index contributed by atoms with van der Waals surface area (Å²) in [5.41, 5.74) is 0.794. The van der Waals surface area contributed by atoms with Gasteiger partial charge in [-0.15, -0.1) is 11.8 Å². The smallest absolute Gasteiger partial charge is 0.0899 e. The number of halogens is 1. The van der Waals surface area contributed by atoms with Crippen LogP contribution in [0.5, 0.6) is 0 Å². The van der Waals surface area contributed by atoms with Crippen molar-refractivity contribution in [2.24, 2.45) is 0 Å². The molecule has 0 unspecified atom stereocenters. The van der Waals surface area contributed by atoms with Crippen LogP contribution in [0.1, 0.15) is 0 Å². The Bertz CT molecular complexity index is 534. The molecular formula is C11H7ClN2S.